The SMILES string of the molecule is CCN(CC)CCNC(=O)C1CC2CCCC(C1)C2N.Cl.Cl. The zero-order chi connectivity index (χ0) is 14.5. The Morgan fingerprint density at radius 2 is 1.68 bits per heavy atom. The number of rotatable bonds is 6. The Morgan fingerprint density at radius 3 is 2.18 bits per heavy atom. The van der Waals surface area contributed by atoms with Crippen molar-refractivity contribution in [2.24, 2.45) is 23.5 Å². The van der Waals surface area contributed by atoms with E-state index in [0.29, 0.717) is 17.9 Å². The van der Waals surface area contributed by atoms with E-state index in [1.165, 1.54) is 19.3 Å². The highest BCUT2D eigenvalue weighted by molar-refractivity contribution is 5.85. The molecule has 3 N–H and O–H groups in total. The van der Waals surface area contributed by atoms with Crippen molar-refractivity contribution >= 4 is 30.7 Å². The number of hydrogen-bond donors (Lipinski definition) is 2. The molecule has 2 aliphatic rings. The van der Waals surface area contributed by atoms with Gasteiger partial charge >= 0.3 is 0 Å². The van der Waals surface area contributed by atoms with Crippen molar-refractivity contribution in [3.8, 4) is 0 Å². The van der Waals surface area contributed by atoms with Gasteiger partial charge in [0, 0.05) is 25.0 Å². The molecule has 2 rings (SSSR count). The van der Waals surface area contributed by atoms with Crippen LogP contribution in [0.1, 0.15) is 46.0 Å². The minimum Gasteiger partial charge on any atom is -0.355 e. The van der Waals surface area contributed by atoms with E-state index >= 15 is 0 Å². The van der Waals surface area contributed by atoms with Crippen molar-refractivity contribution in [2.75, 3.05) is 26.2 Å². The fourth-order valence-electron chi connectivity index (χ4n) is 4.02. The fraction of sp³-hybridized carbons (Fsp3) is 0.938. The molecule has 0 aromatic carbocycles. The van der Waals surface area contributed by atoms with Crippen molar-refractivity contribution in [1.29, 1.82) is 0 Å². The molecule has 0 saturated heterocycles. The van der Waals surface area contributed by atoms with E-state index in [0.717, 1.165) is 39.0 Å². The van der Waals surface area contributed by atoms with Crippen LogP contribution < -0.4 is 11.1 Å². The summed E-state index contributed by atoms with van der Waals surface area (Å²) in [5.41, 5.74) is 6.28. The van der Waals surface area contributed by atoms with Crippen molar-refractivity contribution in [1.82, 2.24) is 10.2 Å². The second kappa shape index (κ2) is 10.7. The number of carbonyl (C=O) groups is 1. The third kappa shape index (κ3) is 5.55. The molecule has 0 aromatic rings. The lowest BCUT2D eigenvalue weighted by Crippen LogP contribution is -2.49. The summed E-state index contributed by atoms with van der Waals surface area (Å²) < 4.78 is 0. The first kappa shape index (κ1) is 22.0. The molecule has 22 heavy (non-hydrogen) atoms. The molecule has 2 aliphatic carbocycles. The van der Waals surface area contributed by atoms with Crippen LogP contribution in [0.15, 0.2) is 0 Å². The summed E-state index contributed by atoms with van der Waals surface area (Å²) in [6, 6.07) is 0.350. The van der Waals surface area contributed by atoms with Crippen molar-refractivity contribution in [2.45, 2.75) is 52.0 Å². The molecule has 2 unspecified atom stereocenters. The minimum absolute atomic E-state index is 0. The molecule has 6 heteroatoms. The van der Waals surface area contributed by atoms with Crippen LogP contribution in [0, 0.1) is 17.8 Å². The normalized spacial score (nSPS) is 30.2. The number of hydrogen-bond acceptors (Lipinski definition) is 3. The largest absolute Gasteiger partial charge is 0.355 e. The maximum Gasteiger partial charge on any atom is 0.223 e. The molecule has 2 bridgehead atoms. The zero-order valence-electron chi connectivity index (χ0n) is 13.9. The highest BCUT2D eigenvalue weighted by atomic mass is 35.5. The molecule has 0 spiro atoms. The number of amides is 1. The van der Waals surface area contributed by atoms with E-state index in [-0.39, 0.29) is 36.6 Å². The van der Waals surface area contributed by atoms with Crippen LogP contribution in [-0.4, -0.2) is 43.0 Å². The summed E-state index contributed by atoms with van der Waals surface area (Å²) in [7, 11) is 0. The lowest BCUT2D eigenvalue weighted by Gasteiger charge is -2.43. The number of nitrogens with one attached hydrogen (secondary N) is 1. The zero-order valence-corrected chi connectivity index (χ0v) is 15.6. The first-order valence-electron chi connectivity index (χ1n) is 8.41. The molecule has 1 amide bonds. The Morgan fingerprint density at radius 1 is 1.14 bits per heavy atom. The summed E-state index contributed by atoms with van der Waals surface area (Å²) >= 11 is 0. The summed E-state index contributed by atoms with van der Waals surface area (Å²) in [6.45, 7) is 8.16. The molecule has 4 nitrogen and oxygen atoms in total. The molecule has 2 saturated carbocycles. The molecule has 0 heterocycles. The van der Waals surface area contributed by atoms with Gasteiger partial charge < -0.3 is 16.0 Å². The molecular formula is C16H33Cl2N3O. The fourth-order valence-corrected chi connectivity index (χ4v) is 4.02. The lowest BCUT2D eigenvalue weighted by atomic mass is 9.65. The summed E-state index contributed by atoms with van der Waals surface area (Å²) in [6.07, 6.45) is 5.77. The smallest absolute Gasteiger partial charge is 0.223 e. The van der Waals surface area contributed by atoms with Crippen LogP contribution in [0.4, 0.5) is 0 Å². The Bertz CT molecular complexity index is 313. The Hall–Kier alpha value is -0.0300. The van der Waals surface area contributed by atoms with Crippen LogP contribution in [0.3, 0.4) is 0 Å². The summed E-state index contributed by atoms with van der Waals surface area (Å²) in [4.78, 5) is 14.7. The van der Waals surface area contributed by atoms with E-state index < -0.39 is 0 Å². The van der Waals surface area contributed by atoms with Gasteiger partial charge in [0.2, 0.25) is 5.91 Å². The van der Waals surface area contributed by atoms with Gasteiger partial charge in [-0.3, -0.25) is 4.79 Å². The van der Waals surface area contributed by atoms with E-state index in [9.17, 15) is 4.79 Å². The van der Waals surface area contributed by atoms with Crippen molar-refractivity contribution in [3.05, 3.63) is 0 Å². The van der Waals surface area contributed by atoms with Gasteiger partial charge in [-0.25, -0.2) is 0 Å². The number of likely N-dealkylation sites (N-methyl/N-ethyl adjacent to an activating group) is 1. The molecule has 0 aromatic heterocycles. The number of fused-ring (bicyclic) bond motifs is 2. The average Bonchev–Trinajstić information content (AvgIpc) is 2.43. The molecular weight excluding hydrogens is 321 g/mol. The molecule has 0 aliphatic heterocycles. The van der Waals surface area contributed by atoms with E-state index in [1.54, 1.807) is 0 Å². The van der Waals surface area contributed by atoms with Gasteiger partial charge in [0.15, 0.2) is 0 Å². The third-order valence-corrected chi connectivity index (χ3v) is 5.41. The maximum absolute atomic E-state index is 12.3. The Kier molecular flexibility index (Phi) is 10.7. The van der Waals surface area contributed by atoms with Crippen LogP contribution in [-0.2, 0) is 4.79 Å². The van der Waals surface area contributed by atoms with Crippen molar-refractivity contribution in [3.63, 3.8) is 0 Å². The molecule has 2 atom stereocenters. The topological polar surface area (TPSA) is 58.4 Å². The maximum atomic E-state index is 12.3. The van der Waals surface area contributed by atoms with Gasteiger partial charge in [-0.2, -0.15) is 0 Å². The second-order valence-corrected chi connectivity index (χ2v) is 6.51. The number of halogens is 2. The minimum atomic E-state index is 0. The molecule has 132 valence electrons. The first-order chi connectivity index (χ1) is 9.65. The molecule has 0 radical (unpaired) electrons. The quantitative estimate of drug-likeness (QED) is 0.770. The number of carbonyl (C=O) groups excluding carboxylic acids is 1. The molecule has 2 fully saturated rings. The summed E-state index contributed by atoms with van der Waals surface area (Å²) in [5.74, 6) is 1.64. The highest BCUT2D eigenvalue weighted by Crippen LogP contribution is 2.41. The van der Waals surface area contributed by atoms with E-state index in [4.69, 9.17) is 5.73 Å². The standard InChI is InChI=1S/C16H31N3O.2ClH/c1-3-19(4-2)9-8-18-16(20)14-10-12-6-5-7-13(11-14)15(12)17;;/h12-15H,3-11,17H2,1-2H3,(H,18,20);2*1H. The van der Waals surface area contributed by atoms with Crippen molar-refractivity contribution < 1.29 is 4.79 Å². The highest BCUT2D eigenvalue weighted by Gasteiger charge is 2.40. The predicted octanol–water partition coefficient (Wildman–Crippen LogP) is 2.44. The second-order valence-electron chi connectivity index (χ2n) is 6.51. The van der Waals surface area contributed by atoms with E-state index in [1.807, 2.05) is 0 Å². The van der Waals surface area contributed by atoms with Crippen LogP contribution in [0.5, 0.6) is 0 Å². The van der Waals surface area contributed by atoms with Gasteiger partial charge in [-0.1, -0.05) is 20.3 Å². The van der Waals surface area contributed by atoms with Crippen LogP contribution in [0.25, 0.3) is 0 Å². The lowest BCUT2D eigenvalue weighted by molar-refractivity contribution is -0.127. The van der Waals surface area contributed by atoms with Crippen LogP contribution >= 0.6 is 24.8 Å². The van der Waals surface area contributed by atoms with E-state index in [2.05, 4.69) is 24.1 Å². The van der Waals surface area contributed by atoms with Crippen LogP contribution in [0.2, 0.25) is 0 Å². The third-order valence-electron chi connectivity index (χ3n) is 5.41. The summed E-state index contributed by atoms with van der Waals surface area (Å²) in [5, 5.41) is 3.13. The first-order valence-corrected chi connectivity index (χ1v) is 8.41. The average molecular weight is 354 g/mol. The monoisotopic (exact) mass is 353 g/mol. The van der Waals surface area contributed by atoms with Gasteiger partial charge in [-0.15, -0.1) is 24.8 Å². The number of nitrogens with zero attached hydrogens (tertiary/aromatic N) is 1. The van der Waals surface area contributed by atoms with Gasteiger partial charge in [0.25, 0.3) is 0 Å². The van der Waals surface area contributed by atoms with Gasteiger partial charge in [0.1, 0.15) is 0 Å². The Labute approximate surface area is 147 Å². The predicted molar refractivity (Wildman–Crippen MR) is 96.8 cm³/mol. The van der Waals surface area contributed by atoms with Gasteiger partial charge in [0.05, 0.1) is 0 Å². The Balaban J connectivity index is 0.00000220. The number of nitrogens with two attached hydrogens (primary N) is 1. The van der Waals surface area contributed by atoms with Gasteiger partial charge in [-0.05, 0) is 50.6 Å².